The second-order valence-corrected chi connectivity index (χ2v) is 5.29. The smallest absolute Gasteiger partial charge is 0.220 e. The molecule has 0 aliphatic carbocycles. The summed E-state index contributed by atoms with van der Waals surface area (Å²) in [4.78, 5) is 11.5. The largest absolute Gasteiger partial charge is 0.386 e. The average molecular weight is 305 g/mol. The summed E-state index contributed by atoms with van der Waals surface area (Å²) in [6, 6.07) is 4.96. The molecule has 106 valence electrons. The SMILES string of the molecule is CC(N)CCC(=O)NCC(O)c1c(Cl)cccc1Cl. The number of aliphatic hydroxyl groups is 1. The highest BCUT2D eigenvalue weighted by molar-refractivity contribution is 6.36. The summed E-state index contributed by atoms with van der Waals surface area (Å²) in [5, 5.41) is 13.4. The molecule has 6 heteroatoms. The molecule has 2 unspecified atom stereocenters. The summed E-state index contributed by atoms with van der Waals surface area (Å²) in [5.41, 5.74) is 5.99. The van der Waals surface area contributed by atoms with Crippen molar-refractivity contribution in [2.75, 3.05) is 6.54 Å². The predicted octanol–water partition coefficient (Wildman–Crippen LogP) is 2.27. The number of carbonyl (C=O) groups is 1. The summed E-state index contributed by atoms with van der Waals surface area (Å²) in [7, 11) is 0. The van der Waals surface area contributed by atoms with E-state index in [-0.39, 0.29) is 18.5 Å². The highest BCUT2D eigenvalue weighted by Gasteiger charge is 2.16. The zero-order chi connectivity index (χ0) is 14.4. The van der Waals surface area contributed by atoms with Crippen molar-refractivity contribution < 1.29 is 9.90 Å². The van der Waals surface area contributed by atoms with Crippen LogP contribution in [0.1, 0.15) is 31.4 Å². The fraction of sp³-hybridized carbons (Fsp3) is 0.462. The van der Waals surface area contributed by atoms with Crippen molar-refractivity contribution in [3.05, 3.63) is 33.8 Å². The van der Waals surface area contributed by atoms with Gasteiger partial charge in [0.2, 0.25) is 5.91 Å². The van der Waals surface area contributed by atoms with Gasteiger partial charge in [0.1, 0.15) is 0 Å². The van der Waals surface area contributed by atoms with Crippen LogP contribution in [0.15, 0.2) is 18.2 Å². The zero-order valence-corrected chi connectivity index (χ0v) is 12.2. The van der Waals surface area contributed by atoms with Crippen molar-refractivity contribution in [1.82, 2.24) is 5.32 Å². The van der Waals surface area contributed by atoms with Gasteiger partial charge in [0.25, 0.3) is 0 Å². The van der Waals surface area contributed by atoms with Crippen LogP contribution in [0.4, 0.5) is 0 Å². The van der Waals surface area contributed by atoms with E-state index in [1.807, 2.05) is 6.92 Å². The minimum atomic E-state index is -0.930. The van der Waals surface area contributed by atoms with E-state index in [1.54, 1.807) is 18.2 Å². The van der Waals surface area contributed by atoms with Crippen LogP contribution in [0.2, 0.25) is 10.0 Å². The lowest BCUT2D eigenvalue weighted by Crippen LogP contribution is -2.29. The Morgan fingerprint density at radius 2 is 2.00 bits per heavy atom. The number of halogens is 2. The standard InChI is InChI=1S/C13H18Cl2N2O2/c1-8(16)5-6-12(19)17-7-11(18)13-9(14)3-2-4-10(13)15/h2-4,8,11,18H,5-7,16H2,1H3,(H,17,19). The molecule has 0 radical (unpaired) electrons. The Bertz CT molecular complexity index is 418. The second kappa shape index (κ2) is 7.70. The first kappa shape index (κ1) is 16.2. The lowest BCUT2D eigenvalue weighted by atomic mass is 10.1. The minimum absolute atomic E-state index is 0.0197. The average Bonchev–Trinajstić information content (AvgIpc) is 2.33. The molecule has 0 saturated heterocycles. The second-order valence-electron chi connectivity index (χ2n) is 4.47. The normalized spacial score (nSPS) is 13.9. The molecule has 0 bridgehead atoms. The molecule has 2 atom stereocenters. The van der Waals surface area contributed by atoms with E-state index in [1.165, 1.54) is 0 Å². The molecule has 0 heterocycles. The summed E-state index contributed by atoms with van der Waals surface area (Å²) in [6.45, 7) is 1.91. The van der Waals surface area contributed by atoms with Crippen molar-refractivity contribution in [2.24, 2.45) is 5.73 Å². The molecular weight excluding hydrogens is 287 g/mol. The van der Waals surface area contributed by atoms with Gasteiger partial charge < -0.3 is 16.2 Å². The highest BCUT2D eigenvalue weighted by Crippen LogP contribution is 2.29. The molecule has 1 amide bonds. The van der Waals surface area contributed by atoms with Gasteiger partial charge in [0, 0.05) is 34.6 Å². The van der Waals surface area contributed by atoms with E-state index in [0.29, 0.717) is 28.5 Å². The topological polar surface area (TPSA) is 75.4 Å². The number of nitrogens with one attached hydrogen (secondary N) is 1. The number of hydrogen-bond acceptors (Lipinski definition) is 3. The van der Waals surface area contributed by atoms with Gasteiger partial charge in [-0.3, -0.25) is 4.79 Å². The maximum absolute atomic E-state index is 11.5. The Morgan fingerprint density at radius 3 is 2.53 bits per heavy atom. The van der Waals surface area contributed by atoms with Crippen LogP contribution in [0, 0.1) is 0 Å². The van der Waals surface area contributed by atoms with Crippen molar-refractivity contribution in [2.45, 2.75) is 31.9 Å². The molecule has 1 aromatic carbocycles. The Balaban J connectivity index is 2.51. The van der Waals surface area contributed by atoms with Crippen molar-refractivity contribution >= 4 is 29.1 Å². The van der Waals surface area contributed by atoms with Gasteiger partial charge in [-0.1, -0.05) is 29.3 Å². The number of nitrogens with two attached hydrogens (primary N) is 1. The van der Waals surface area contributed by atoms with E-state index < -0.39 is 6.10 Å². The number of carbonyl (C=O) groups excluding carboxylic acids is 1. The first-order chi connectivity index (χ1) is 8.91. The zero-order valence-electron chi connectivity index (χ0n) is 10.7. The summed E-state index contributed by atoms with van der Waals surface area (Å²) < 4.78 is 0. The number of benzene rings is 1. The third kappa shape index (κ3) is 5.37. The van der Waals surface area contributed by atoms with Gasteiger partial charge in [-0.25, -0.2) is 0 Å². The van der Waals surface area contributed by atoms with E-state index in [0.717, 1.165) is 0 Å². The first-order valence-corrected chi connectivity index (χ1v) is 6.81. The Labute approximate surface area is 122 Å². The molecule has 0 saturated carbocycles. The van der Waals surface area contributed by atoms with Crippen LogP contribution in [-0.4, -0.2) is 23.6 Å². The fourth-order valence-electron chi connectivity index (χ4n) is 1.59. The Hall–Kier alpha value is -0.810. The molecular formula is C13H18Cl2N2O2. The highest BCUT2D eigenvalue weighted by atomic mass is 35.5. The van der Waals surface area contributed by atoms with Crippen LogP contribution in [-0.2, 0) is 4.79 Å². The van der Waals surface area contributed by atoms with Gasteiger partial charge in [0.15, 0.2) is 0 Å². The van der Waals surface area contributed by atoms with Gasteiger partial charge in [-0.15, -0.1) is 0 Å². The van der Waals surface area contributed by atoms with Crippen molar-refractivity contribution in [3.63, 3.8) is 0 Å². The van der Waals surface area contributed by atoms with Crippen LogP contribution in [0.3, 0.4) is 0 Å². The van der Waals surface area contributed by atoms with Crippen LogP contribution in [0.5, 0.6) is 0 Å². The number of rotatable bonds is 6. The van der Waals surface area contributed by atoms with Gasteiger partial charge in [0.05, 0.1) is 6.10 Å². The molecule has 0 aromatic heterocycles. The molecule has 4 N–H and O–H groups in total. The Kier molecular flexibility index (Phi) is 6.58. The lowest BCUT2D eigenvalue weighted by molar-refractivity contribution is -0.121. The Morgan fingerprint density at radius 1 is 1.42 bits per heavy atom. The van der Waals surface area contributed by atoms with Gasteiger partial charge in [-0.05, 0) is 25.5 Å². The van der Waals surface area contributed by atoms with Crippen LogP contribution < -0.4 is 11.1 Å². The van der Waals surface area contributed by atoms with E-state index in [9.17, 15) is 9.90 Å². The maximum Gasteiger partial charge on any atom is 0.220 e. The van der Waals surface area contributed by atoms with E-state index in [4.69, 9.17) is 28.9 Å². The summed E-state index contributed by atoms with van der Waals surface area (Å²) in [6.07, 6.45) is 0.00976. The number of hydrogen-bond donors (Lipinski definition) is 3. The van der Waals surface area contributed by atoms with Crippen LogP contribution in [0.25, 0.3) is 0 Å². The summed E-state index contributed by atoms with van der Waals surface area (Å²) in [5.74, 6) is -0.153. The van der Waals surface area contributed by atoms with E-state index in [2.05, 4.69) is 5.32 Å². The van der Waals surface area contributed by atoms with Gasteiger partial charge >= 0.3 is 0 Å². The molecule has 19 heavy (non-hydrogen) atoms. The molecule has 1 rings (SSSR count). The summed E-state index contributed by atoms with van der Waals surface area (Å²) >= 11 is 11.9. The molecule has 0 fully saturated rings. The molecule has 0 aliphatic rings. The third-order valence-electron chi connectivity index (χ3n) is 2.65. The first-order valence-electron chi connectivity index (χ1n) is 6.06. The third-order valence-corrected chi connectivity index (χ3v) is 3.31. The maximum atomic E-state index is 11.5. The van der Waals surface area contributed by atoms with Crippen molar-refractivity contribution in [1.29, 1.82) is 0 Å². The fourth-order valence-corrected chi connectivity index (χ4v) is 2.24. The van der Waals surface area contributed by atoms with E-state index >= 15 is 0 Å². The van der Waals surface area contributed by atoms with Crippen molar-refractivity contribution in [3.8, 4) is 0 Å². The van der Waals surface area contributed by atoms with Crippen LogP contribution >= 0.6 is 23.2 Å². The molecule has 0 spiro atoms. The predicted molar refractivity (Wildman–Crippen MR) is 77.3 cm³/mol. The molecule has 0 aliphatic heterocycles. The quantitative estimate of drug-likeness (QED) is 0.754. The lowest BCUT2D eigenvalue weighted by Gasteiger charge is -2.15. The molecule has 4 nitrogen and oxygen atoms in total. The van der Waals surface area contributed by atoms with Gasteiger partial charge in [-0.2, -0.15) is 0 Å². The number of aliphatic hydroxyl groups excluding tert-OH is 1. The monoisotopic (exact) mass is 304 g/mol. The molecule has 1 aromatic rings. The minimum Gasteiger partial charge on any atom is -0.386 e. The number of amides is 1.